The summed E-state index contributed by atoms with van der Waals surface area (Å²) in [7, 11) is 0. The molecule has 82 valence electrons. The summed E-state index contributed by atoms with van der Waals surface area (Å²) in [5.41, 5.74) is 7.17. The van der Waals surface area contributed by atoms with Crippen LogP contribution in [0.4, 0.5) is 0 Å². The third-order valence-corrected chi connectivity index (χ3v) is 3.82. The van der Waals surface area contributed by atoms with E-state index in [2.05, 4.69) is 29.2 Å². The van der Waals surface area contributed by atoms with E-state index in [0.29, 0.717) is 11.8 Å². The van der Waals surface area contributed by atoms with Crippen LogP contribution in [0.1, 0.15) is 24.3 Å². The molecule has 1 aliphatic rings. The molecule has 1 aliphatic carbocycles. The molecule has 1 aromatic carbocycles. The number of rotatable bonds is 2. The van der Waals surface area contributed by atoms with E-state index in [1.165, 1.54) is 29.2 Å². The average Bonchev–Trinajstić information content (AvgIpc) is 2.29. The van der Waals surface area contributed by atoms with Gasteiger partial charge in [0.25, 0.3) is 0 Å². The minimum Gasteiger partial charge on any atom is -0.330 e. The molecule has 1 fully saturated rings. The standard InChI is InChI=1S/C14H16N2/c15-7-10-5-6-13(10)14-9-16-8-11-3-1-2-4-12(11)14/h1-4,8-10,13H,5-7,15H2. The number of pyridine rings is 1. The Morgan fingerprint density at radius 1 is 1.19 bits per heavy atom. The fraction of sp³-hybridized carbons (Fsp3) is 0.357. The number of nitrogens with two attached hydrogens (primary N) is 1. The third-order valence-electron chi connectivity index (χ3n) is 3.82. The van der Waals surface area contributed by atoms with Crippen molar-refractivity contribution in [1.29, 1.82) is 0 Å². The second kappa shape index (κ2) is 3.87. The first-order valence-electron chi connectivity index (χ1n) is 5.93. The van der Waals surface area contributed by atoms with Crippen LogP contribution in [0.5, 0.6) is 0 Å². The Morgan fingerprint density at radius 3 is 2.81 bits per heavy atom. The van der Waals surface area contributed by atoms with Gasteiger partial charge in [-0.1, -0.05) is 24.3 Å². The third kappa shape index (κ3) is 1.41. The van der Waals surface area contributed by atoms with Crippen molar-refractivity contribution in [3.8, 4) is 0 Å². The van der Waals surface area contributed by atoms with Crippen molar-refractivity contribution >= 4 is 10.8 Å². The van der Waals surface area contributed by atoms with E-state index in [9.17, 15) is 0 Å². The number of hydrogen-bond donors (Lipinski definition) is 1. The van der Waals surface area contributed by atoms with Gasteiger partial charge in [-0.3, -0.25) is 4.98 Å². The lowest BCUT2D eigenvalue weighted by molar-refractivity contribution is 0.264. The molecular formula is C14H16N2. The summed E-state index contributed by atoms with van der Waals surface area (Å²) in [5, 5.41) is 2.59. The monoisotopic (exact) mass is 212 g/mol. The van der Waals surface area contributed by atoms with Gasteiger partial charge in [-0.25, -0.2) is 0 Å². The highest BCUT2D eigenvalue weighted by molar-refractivity contribution is 5.85. The largest absolute Gasteiger partial charge is 0.330 e. The topological polar surface area (TPSA) is 38.9 Å². The quantitative estimate of drug-likeness (QED) is 0.831. The molecule has 2 unspecified atom stereocenters. The number of fused-ring (bicyclic) bond motifs is 1. The lowest BCUT2D eigenvalue weighted by Crippen LogP contribution is -2.30. The van der Waals surface area contributed by atoms with Gasteiger partial charge in [0.05, 0.1) is 0 Å². The maximum Gasteiger partial charge on any atom is 0.0346 e. The van der Waals surface area contributed by atoms with E-state index in [-0.39, 0.29) is 0 Å². The van der Waals surface area contributed by atoms with Crippen LogP contribution in [-0.4, -0.2) is 11.5 Å². The van der Waals surface area contributed by atoms with Gasteiger partial charge >= 0.3 is 0 Å². The van der Waals surface area contributed by atoms with Crippen molar-refractivity contribution in [2.75, 3.05) is 6.54 Å². The number of hydrogen-bond acceptors (Lipinski definition) is 2. The van der Waals surface area contributed by atoms with Gasteiger partial charge in [0.1, 0.15) is 0 Å². The van der Waals surface area contributed by atoms with E-state index >= 15 is 0 Å². The average molecular weight is 212 g/mol. The van der Waals surface area contributed by atoms with Gasteiger partial charge in [-0.2, -0.15) is 0 Å². The molecule has 1 heterocycles. The Kier molecular flexibility index (Phi) is 2.37. The fourth-order valence-corrected chi connectivity index (χ4v) is 2.70. The van der Waals surface area contributed by atoms with Gasteiger partial charge in [0, 0.05) is 17.8 Å². The van der Waals surface area contributed by atoms with E-state index in [4.69, 9.17) is 5.73 Å². The van der Waals surface area contributed by atoms with Gasteiger partial charge < -0.3 is 5.73 Å². The Morgan fingerprint density at radius 2 is 2.06 bits per heavy atom. The summed E-state index contributed by atoms with van der Waals surface area (Å²) >= 11 is 0. The lowest BCUT2D eigenvalue weighted by Gasteiger charge is -2.36. The molecule has 3 rings (SSSR count). The second-order valence-electron chi connectivity index (χ2n) is 4.63. The maximum atomic E-state index is 5.79. The van der Waals surface area contributed by atoms with Gasteiger partial charge in [0.15, 0.2) is 0 Å². The molecule has 0 bridgehead atoms. The Balaban J connectivity index is 2.09. The lowest BCUT2D eigenvalue weighted by atomic mass is 9.69. The zero-order valence-electron chi connectivity index (χ0n) is 9.26. The van der Waals surface area contributed by atoms with Crippen LogP contribution in [0.2, 0.25) is 0 Å². The molecule has 0 aliphatic heterocycles. The highest BCUT2D eigenvalue weighted by Crippen LogP contribution is 2.43. The smallest absolute Gasteiger partial charge is 0.0346 e. The summed E-state index contributed by atoms with van der Waals surface area (Å²) in [5.74, 6) is 1.29. The van der Waals surface area contributed by atoms with Crippen molar-refractivity contribution in [1.82, 2.24) is 4.98 Å². The van der Waals surface area contributed by atoms with Crippen molar-refractivity contribution in [3.63, 3.8) is 0 Å². The van der Waals surface area contributed by atoms with Crippen molar-refractivity contribution in [2.45, 2.75) is 18.8 Å². The summed E-state index contributed by atoms with van der Waals surface area (Å²) in [6.07, 6.45) is 6.49. The summed E-state index contributed by atoms with van der Waals surface area (Å²) in [6, 6.07) is 8.48. The fourth-order valence-electron chi connectivity index (χ4n) is 2.70. The predicted molar refractivity (Wildman–Crippen MR) is 66.3 cm³/mol. The normalized spacial score (nSPS) is 24.3. The molecule has 2 nitrogen and oxygen atoms in total. The Hall–Kier alpha value is -1.41. The first-order valence-corrected chi connectivity index (χ1v) is 5.93. The summed E-state index contributed by atoms with van der Waals surface area (Å²) < 4.78 is 0. The molecule has 1 saturated carbocycles. The molecular weight excluding hydrogens is 196 g/mol. The molecule has 2 aromatic rings. The predicted octanol–water partition coefficient (Wildman–Crippen LogP) is 2.69. The van der Waals surface area contributed by atoms with Gasteiger partial charge in [-0.05, 0) is 42.2 Å². The molecule has 0 amide bonds. The van der Waals surface area contributed by atoms with Crippen LogP contribution in [0.25, 0.3) is 10.8 Å². The Labute approximate surface area is 95.5 Å². The van der Waals surface area contributed by atoms with Crippen LogP contribution in [0.3, 0.4) is 0 Å². The van der Waals surface area contributed by atoms with E-state index in [1.54, 1.807) is 0 Å². The minimum atomic E-state index is 0.628. The SMILES string of the molecule is NCC1CCC1c1cncc2ccccc12. The molecule has 16 heavy (non-hydrogen) atoms. The molecule has 2 atom stereocenters. The van der Waals surface area contributed by atoms with E-state index in [1.807, 2.05) is 12.4 Å². The zero-order valence-corrected chi connectivity index (χ0v) is 9.26. The first-order chi connectivity index (χ1) is 7.90. The molecule has 2 heteroatoms. The molecule has 0 saturated heterocycles. The highest BCUT2D eigenvalue weighted by Gasteiger charge is 2.31. The van der Waals surface area contributed by atoms with Crippen LogP contribution >= 0.6 is 0 Å². The number of aromatic nitrogens is 1. The van der Waals surface area contributed by atoms with Crippen LogP contribution in [0.15, 0.2) is 36.7 Å². The molecule has 0 spiro atoms. The maximum absolute atomic E-state index is 5.79. The molecule has 0 radical (unpaired) electrons. The summed E-state index contributed by atoms with van der Waals surface area (Å²) in [4.78, 5) is 4.34. The van der Waals surface area contributed by atoms with Crippen LogP contribution < -0.4 is 5.73 Å². The number of benzene rings is 1. The van der Waals surface area contributed by atoms with E-state index in [0.717, 1.165) is 6.54 Å². The second-order valence-corrected chi connectivity index (χ2v) is 4.63. The van der Waals surface area contributed by atoms with Crippen LogP contribution in [-0.2, 0) is 0 Å². The Bertz CT molecular complexity index is 500. The highest BCUT2D eigenvalue weighted by atomic mass is 14.6. The zero-order chi connectivity index (χ0) is 11.0. The van der Waals surface area contributed by atoms with Crippen molar-refractivity contribution in [3.05, 3.63) is 42.2 Å². The van der Waals surface area contributed by atoms with Gasteiger partial charge in [-0.15, -0.1) is 0 Å². The minimum absolute atomic E-state index is 0.628. The van der Waals surface area contributed by atoms with Crippen molar-refractivity contribution < 1.29 is 0 Å². The number of nitrogens with zero attached hydrogens (tertiary/aromatic N) is 1. The van der Waals surface area contributed by atoms with Gasteiger partial charge in [0.2, 0.25) is 0 Å². The first kappa shape index (κ1) is 9.79. The molecule has 1 aromatic heterocycles. The summed E-state index contributed by atoms with van der Waals surface area (Å²) in [6.45, 7) is 0.799. The molecule has 2 N–H and O–H groups in total. The van der Waals surface area contributed by atoms with Crippen molar-refractivity contribution in [2.24, 2.45) is 11.7 Å². The van der Waals surface area contributed by atoms with Crippen LogP contribution in [0, 0.1) is 5.92 Å². The van der Waals surface area contributed by atoms with E-state index < -0.39 is 0 Å².